The van der Waals surface area contributed by atoms with Gasteiger partial charge in [0.25, 0.3) is 0 Å². The maximum atomic E-state index is 14.0. The van der Waals surface area contributed by atoms with Crippen LogP contribution in [0.4, 0.5) is 0 Å². The van der Waals surface area contributed by atoms with Gasteiger partial charge in [0.05, 0.1) is 35.1 Å². The van der Waals surface area contributed by atoms with Gasteiger partial charge in [-0.2, -0.15) is 4.31 Å². The van der Waals surface area contributed by atoms with Crippen LogP contribution in [-0.2, 0) is 28.4 Å². The number of fused-ring (bicyclic) bond motifs is 1. The summed E-state index contributed by atoms with van der Waals surface area (Å²) in [5.74, 6) is 1.02. The van der Waals surface area contributed by atoms with Crippen LogP contribution in [0.15, 0.2) is 88.9 Å². The first kappa shape index (κ1) is 30.3. The Hall–Kier alpha value is -3.77. The second kappa shape index (κ2) is 12.7. The fraction of sp³-hybridized carbons (Fsp3) is 0.303. The molecule has 228 valence electrons. The van der Waals surface area contributed by atoms with Crippen LogP contribution in [0.2, 0.25) is 0 Å². The van der Waals surface area contributed by atoms with Crippen molar-refractivity contribution >= 4 is 38.5 Å². The number of nitrogens with zero attached hydrogens (tertiary/aromatic N) is 5. The molecule has 0 bridgehead atoms. The molecule has 6 rings (SSSR count). The highest BCUT2D eigenvalue weighted by molar-refractivity contribution is 7.99. The number of thioether (sulfide) groups is 1. The Balaban J connectivity index is 1.32. The number of aryl methyl sites for hydroxylation is 1. The van der Waals surface area contributed by atoms with E-state index in [1.54, 1.807) is 18.2 Å². The minimum absolute atomic E-state index is 0.00454. The minimum atomic E-state index is -3.67. The highest BCUT2D eigenvalue weighted by atomic mass is 32.2. The Morgan fingerprint density at radius 2 is 1.64 bits per heavy atom. The molecule has 9 nitrogen and oxygen atoms in total. The van der Waals surface area contributed by atoms with Crippen LogP contribution in [0.5, 0.6) is 0 Å². The van der Waals surface area contributed by atoms with Crippen molar-refractivity contribution in [3.8, 4) is 22.6 Å². The van der Waals surface area contributed by atoms with E-state index >= 15 is 0 Å². The number of rotatable bonds is 10. The van der Waals surface area contributed by atoms with Crippen molar-refractivity contribution in [2.45, 2.75) is 30.4 Å². The van der Waals surface area contributed by atoms with Gasteiger partial charge in [-0.1, -0.05) is 86.3 Å². The third-order valence-electron chi connectivity index (χ3n) is 7.73. The molecular weight excluding hydrogens is 595 g/mol. The third kappa shape index (κ3) is 5.84. The van der Waals surface area contributed by atoms with E-state index in [9.17, 15) is 13.2 Å². The second-order valence-corrected chi connectivity index (χ2v) is 14.1. The molecule has 1 fully saturated rings. The first-order valence-corrected chi connectivity index (χ1v) is 17.1. The van der Waals surface area contributed by atoms with Crippen LogP contribution in [0.25, 0.3) is 33.5 Å². The van der Waals surface area contributed by atoms with Crippen LogP contribution < -0.4 is 0 Å². The first-order chi connectivity index (χ1) is 21.3. The van der Waals surface area contributed by atoms with Crippen LogP contribution in [0.1, 0.15) is 24.2 Å². The van der Waals surface area contributed by atoms with E-state index in [0.717, 1.165) is 22.2 Å². The Labute approximate surface area is 261 Å². The molecule has 0 unspecified atom stereocenters. The monoisotopic (exact) mass is 629 g/mol. The van der Waals surface area contributed by atoms with Gasteiger partial charge in [-0.05, 0) is 29.7 Å². The van der Waals surface area contributed by atoms with Crippen molar-refractivity contribution < 1.29 is 17.9 Å². The molecule has 5 aromatic rings. The average molecular weight is 630 g/mol. The van der Waals surface area contributed by atoms with E-state index in [-0.39, 0.29) is 22.3 Å². The van der Waals surface area contributed by atoms with E-state index in [1.165, 1.54) is 16.1 Å². The number of ketones is 1. The highest BCUT2D eigenvalue weighted by Gasteiger charge is 2.28. The van der Waals surface area contributed by atoms with Crippen molar-refractivity contribution in [3.05, 3.63) is 84.4 Å². The van der Waals surface area contributed by atoms with Crippen LogP contribution >= 0.6 is 11.8 Å². The zero-order valence-electron chi connectivity index (χ0n) is 25.0. The maximum absolute atomic E-state index is 14.0. The van der Waals surface area contributed by atoms with Gasteiger partial charge in [0.15, 0.2) is 16.8 Å². The van der Waals surface area contributed by atoms with Crippen LogP contribution in [0, 0.1) is 5.92 Å². The lowest BCUT2D eigenvalue weighted by atomic mass is 10.0. The van der Waals surface area contributed by atoms with Crippen LogP contribution in [0.3, 0.4) is 0 Å². The highest BCUT2D eigenvalue weighted by Crippen LogP contribution is 2.35. The minimum Gasteiger partial charge on any atom is -0.379 e. The summed E-state index contributed by atoms with van der Waals surface area (Å²) in [6.07, 6.45) is 0. The number of hydrogen-bond donors (Lipinski definition) is 0. The summed E-state index contributed by atoms with van der Waals surface area (Å²) in [7, 11) is -1.68. The number of carbonyl (C=O) groups excluding carboxylic acids is 1. The summed E-state index contributed by atoms with van der Waals surface area (Å²) >= 11 is 1.35. The summed E-state index contributed by atoms with van der Waals surface area (Å²) in [5.41, 5.74) is 4.22. The molecule has 1 saturated heterocycles. The first-order valence-electron chi connectivity index (χ1n) is 14.7. The van der Waals surface area contributed by atoms with Gasteiger partial charge in [0, 0.05) is 43.1 Å². The largest absolute Gasteiger partial charge is 0.379 e. The molecule has 0 atom stereocenters. The molecule has 11 heteroatoms. The van der Waals surface area contributed by atoms with Crippen molar-refractivity contribution in [1.29, 1.82) is 0 Å². The number of hydrogen-bond acceptors (Lipinski definition) is 7. The molecule has 1 aliphatic rings. The molecule has 44 heavy (non-hydrogen) atoms. The van der Waals surface area contributed by atoms with E-state index in [2.05, 4.69) is 28.6 Å². The van der Waals surface area contributed by atoms with Gasteiger partial charge in [0.2, 0.25) is 10.0 Å². The maximum Gasteiger partial charge on any atom is 0.243 e. The van der Waals surface area contributed by atoms with Crippen LogP contribution in [-0.4, -0.2) is 69.9 Å². The molecule has 0 spiro atoms. The molecule has 0 saturated carbocycles. The Kier molecular flexibility index (Phi) is 8.73. The summed E-state index contributed by atoms with van der Waals surface area (Å²) < 4.78 is 37.6. The van der Waals surface area contributed by atoms with E-state index < -0.39 is 10.0 Å². The average Bonchev–Trinajstić information content (AvgIpc) is 3.58. The van der Waals surface area contributed by atoms with Gasteiger partial charge >= 0.3 is 0 Å². The van der Waals surface area contributed by atoms with Gasteiger partial charge < -0.3 is 13.9 Å². The number of para-hydroxylation sites is 1. The quantitative estimate of drug-likeness (QED) is 0.143. The van der Waals surface area contributed by atoms with Crippen molar-refractivity contribution in [1.82, 2.24) is 23.6 Å². The molecule has 0 aliphatic carbocycles. The molecule has 0 radical (unpaired) electrons. The predicted molar refractivity (Wildman–Crippen MR) is 173 cm³/mol. The van der Waals surface area contributed by atoms with E-state index in [1.807, 2.05) is 72.3 Å². The predicted octanol–water partition coefficient (Wildman–Crippen LogP) is 5.76. The fourth-order valence-corrected chi connectivity index (χ4v) is 7.96. The standard InChI is InChI=1S/C33H35N5O4S2/c1-23(2)21-38-32(25-12-9-13-26(20-25)44(40,41)37-16-18-42-19-17-37)34-35-33(38)43-22-29(39)30-27-14-7-8-15-28(27)36(3)31(30)24-10-5-4-6-11-24/h4-15,20,23H,16-19,21-22H2,1-3H3. The number of carbonyl (C=O) groups is 1. The molecule has 1 aliphatic heterocycles. The summed E-state index contributed by atoms with van der Waals surface area (Å²) in [4.78, 5) is 14.2. The molecule has 0 amide bonds. The van der Waals surface area contributed by atoms with E-state index in [4.69, 9.17) is 4.74 Å². The number of benzene rings is 3. The normalized spacial score (nSPS) is 14.5. The SMILES string of the molecule is CC(C)Cn1c(SCC(=O)c2c(-c3ccccc3)n(C)c3ccccc23)nnc1-c1cccc(S(=O)(=O)N2CCOCC2)c1. The molecular formula is C33H35N5O4S2. The van der Waals surface area contributed by atoms with Crippen molar-refractivity contribution in [2.75, 3.05) is 32.1 Å². The molecule has 0 N–H and O–H groups in total. The number of sulfonamides is 1. The lowest BCUT2D eigenvalue weighted by Gasteiger charge is -2.26. The zero-order chi connectivity index (χ0) is 30.8. The fourth-order valence-electron chi connectivity index (χ4n) is 5.68. The topological polar surface area (TPSA) is 99.3 Å². The Morgan fingerprint density at radius 1 is 0.932 bits per heavy atom. The summed E-state index contributed by atoms with van der Waals surface area (Å²) in [6.45, 7) is 6.24. The number of Topliss-reactive ketones (excluding diaryl/α,β-unsaturated/α-hetero) is 1. The Morgan fingerprint density at radius 3 is 2.39 bits per heavy atom. The number of ether oxygens (including phenoxy) is 1. The van der Waals surface area contributed by atoms with Gasteiger partial charge in [-0.15, -0.1) is 10.2 Å². The molecule has 2 aromatic heterocycles. The third-order valence-corrected chi connectivity index (χ3v) is 10.6. The summed E-state index contributed by atoms with van der Waals surface area (Å²) in [5, 5.41) is 10.5. The lowest BCUT2D eigenvalue weighted by Crippen LogP contribution is -2.40. The van der Waals surface area contributed by atoms with Crippen molar-refractivity contribution in [3.63, 3.8) is 0 Å². The second-order valence-electron chi connectivity index (χ2n) is 11.2. The molecule has 3 aromatic carbocycles. The van der Waals surface area contributed by atoms with Gasteiger partial charge in [-0.25, -0.2) is 8.42 Å². The van der Waals surface area contributed by atoms with Crippen molar-refractivity contribution in [2.24, 2.45) is 13.0 Å². The number of morpholine rings is 1. The number of aromatic nitrogens is 4. The smallest absolute Gasteiger partial charge is 0.243 e. The van der Waals surface area contributed by atoms with Gasteiger partial charge in [-0.3, -0.25) is 4.79 Å². The Bertz CT molecular complexity index is 1910. The van der Waals surface area contributed by atoms with Gasteiger partial charge in [0.1, 0.15) is 0 Å². The molecule has 3 heterocycles. The zero-order valence-corrected chi connectivity index (χ0v) is 26.6. The lowest BCUT2D eigenvalue weighted by molar-refractivity contribution is 0.0730. The van der Waals surface area contributed by atoms with E-state index in [0.29, 0.717) is 55.0 Å². The summed E-state index contributed by atoms with van der Waals surface area (Å²) in [6, 6.07) is 24.8.